The van der Waals surface area contributed by atoms with E-state index >= 15 is 0 Å². The summed E-state index contributed by atoms with van der Waals surface area (Å²) in [4.78, 5) is 35.6. The predicted molar refractivity (Wildman–Crippen MR) is 102 cm³/mol. The Morgan fingerprint density at radius 2 is 2.11 bits per heavy atom. The number of likely N-dealkylation sites (N-methyl/N-ethyl adjacent to an activating group) is 1. The van der Waals surface area contributed by atoms with Crippen LogP contribution < -0.4 is 0 Å². The van der Waals surface area contributed by atoms with E-state index < -0.39 is 21.7 Å². The monoisotopic (exact) mass is 410 g/mol. The van der Waals surface area contributed by atoms with Gasteiger partial charge in [-0.2, -0.15) is 0 Å². The van der Waals surface area contributed by atoms with E-state index in [1.807, 2.05) is 0 Å². The predicted octanol–water partition coefficient (Wildman–Crippen LogP) is 1.19. The maximum atomic E-state index is 14.4. The molecule has 0 saturated heterocycles. The van der Waals surface area contributed by atoms with Crippen molar-refractivity contribution in [2.24, 2.45) is 5.92 Å². The number of sulfone groups is 1. The molecular formula is C18H23FN4O4S. The van der Waals surface area contributed by atoms with Crippen LogP contribution in [0.3, 0.4) is 0 Å². The number of aromatic amines is 1. The normalized spacial score (nSPS) is 15.4. The largest absolute Gasteiger partial charge is 0.345 e. The van der Waals surface area contributed by atoms with E-state index in [0.29, 0.717) is 16.6 Å². The average Bonchev–Trinajstić information content (AvgIpc) is 3.03. The van der Waals surface area contributed by atoms with Crippen LogP contribution in [0.2, 0.25) is 0 Å². The minimum atomic E-state index is -3.23. The summed E-state index contributed by atoms with van der Waals surface area (Å²) in [5.41, 5.74) is 1.02. The minimum absolute atomic E-state index is 0.0200. The zero-order chi connectivity index (χ0) is 20.8. The Morgan fingerprint density at radius 3 is 2.71 bits per heavy atom. The first kappa shape index (κ1) is 20.2. The number of carbonyl (C=O) groups is 2. The molecule has 2 aromatic rings. The number of hydrogen-bond acceptors (Lipinski definition) is 5. The molecule has 28 heavy (non-hydrogen) atoms. The van der Waals surface area contributed by atoms with E-state index in [-0.39, 0.29) is 42.1 Å². The molecule has 0 radical (unpaired) electrons. The van der Waals surface area contributed by atoms with Crippen molar-refractivity contribution in [1.82, 2.24) is 19.8 Å². The van der Waals surface area contributed by atoms with Crippen LogP contribution in [-0.2, 0) is 21.2 Å². The van der Waals surface area contributed by atoms with Crippen LogP contribution in [0.1, 0.15) is 29.8 Å². The van der Waals surface area contributed by atoms with E-state index in [0.717, 1.165) is 12.5 Å². The lowest BCUT2D eigenvalue weighted by Gasteiger charge is -2.37. The Morgan fingerprint density at radius 1 is 1.43 bits per heavy atom. The summed E-state index contributed by atoms with van der Waals surface area (Å²) in [5.74, 6) is -1.72. The van der Waals surface area contributed by atoms with Crippen LogP contribution in [0.4, 0.5) is 4.39 Å². The minimum Gasteiger partial charge on any atom is -0.345 e. The van der Waals surface area contributed by atoms with Gasteiger partial charge in [-0.05, 0) is 5.92 Å². The highest BCUT2D eigenvalue weighted by Gasteiger charge is 2.39. The Labute approximate surface area is 162 Å². The van der Waals surface area contributed by atoms with Crippen molar-refractivity contribution >= 4 is 32.7 Å². The average molecular weight is 410 g/mol. The maximum Gasteiger partial charge on any atom is 0.257 e. The number of carbonyl (C=O) groups excluding carboxylic acids is 2. The molecule has 0 aromatic carbocycles. The third-order valence-corrected chi connectivity index (χ3v) is 5.89. The number of aromatic nitrogens is 2. The van der Waals surface area contributed by atoms with Gasteiger partial charge in [0.25, 0.3) is 5.91 Å². The summed E-state index contributed by atoms with van der Waals surface area (Å²) >= 11 is 0. The van der Waals surface area contributed by atoms with Crippen molar-refractivity contribution in [2.75, 3.05) is 25.6 Å². The molecule has 3 rings (SSSR count). The van der Waals surface area contributed by atoms with Gasteiger partial charge in [0.2, 0.25) is 5.91 Å². The van der Waals surface area contributed by atoms with Gasteiger partial charge in [-0.3, -0.25) is 9.59 Å². The van der Waals surface area contributed by atoms with E-state index in [9.17, 15) is 22.4 Å². The Bertz CT molecular complexity index is 1050. The SMILES string of the molecule is CC(C)[C@H](C(=O)N(C)CCS(C)(=O)=O)N1Cc2c(F)cnc3[nH]cc(c23)C1=O. The Kier molecular flexibility index (Phi) is 5.18. The molecule has 3 heterocycles. The van der Waals surface area contributed by atoms with Gasteiger partial charge >= 0.3 is 0 Å². The molecule has 1 N–H and O–H groups in total. The molecule has 1 aliphatic rings. The van der Waals surface area contributed by atoms with Crippen LogP contribution in [0, 0.1) is 11.7 Å². The number of H-pyrrole nitrogens is 1. The highest BCUT2D eigenvalue weighted by molar-refractivity contribution is 7.90. The van der Waals surface area contributed by atoms with Gasteiger partial charge in [0, 0.05) is 37.0 Å². The fourth-order valence-corrected chi connectivity index (χ4v) is 4.11. The summed E-state index contributed by atoms with van der Waals surface area (Å²) in [6.45, 7) is 3.56. The van der Waals surface area contributed by atoms with Crippen LogP contribution in [-0.4, -0.2) is 71.6 Å². The molecule has 0 unspecified atom stereocenters. The zero-order valence-electron chi connectivity index (χ0n) is 16.2. The molecule has 0 spiro atoms. The van der Waals surface area contributed by atoms with E-state index in [1.165, 1.54) is 23.0 Å². The summed E-state index contributed by atoms with van der Waals surface area (Å²) in [7, 11) is -1.73. The zero-order valence-corrected chi connectivity index (χ0v) is 17.0. The number of rotatable bonds is 6. The number of amides is 2. The van der Waals surface area contributed by atoms with Crippen molar-refractivity contribution in [3.63, 3.8) is 0 Å². The van der Waals surface area contributed by atoms with Gasteiger partial charge in [-0.25, -0.2) is 17.8 Å². The number of halogens is 1. The van der Waals surface area contributed by atoms with E-state index in [1.54, 1.807) is 13.8 Å². The first-order chi connectivity index (χ1) is 13.0. The molecule has 0 bridgehead atoms. The van der Waals surface area contributed by atoms with Gasteiger partial charge in [0.05, 0.1) is 24.1 Å². The fourth-order valence-electron chi connectivity index (χ4n) is 3.50. The lowest BCUT2D eigenvalue weighted by Crippen LogP contribution is -2.53. The van der Waals surface area contributed by atoms with Crippen molar-refractivity contribution in [1.29, 1.82) is 0 Å². The van der Waals surface area contributed by atoms with Crippen LogP contribution in [0.5, 0.6) is 0 Å². The molecule has 152 valence electrons. The van der Waals surface area contributed by atoms with Crippen LogP contribution >= 0.6 is 0 Å². The van der Waals surface area contributed by atoms with Gasteiger partial charge in [-0.15, -0.1) is 0 Å². The number of pyridine rings is 1. The van der Waals surface area contributed by atoms with Crippen molar-refractivity contribution in [3.8, 4) is 0 Å². The van der Waals surface area contributed by atoms with Gasteiger partial charge in [0.15, 0.2) is 0 Å². The molecule has 0 fully saturated rings. The lowest BCUT2D eigenvalue weighted by atomic mass is 9.95. The second-order valence-electron chi connectivity index (χ2n) is 7.52. The quantitative estimate of drug-likeness (QED) is 0.770. The number of nitrogens with zero attached hydrogens (tertiary/aromatic N) is 3. The summed E-state index contributed by atoms with van der Waals surface area (Å²) in [5, 5.41) is 0.446. The molecule has 0 saturated carbocycles. The second-order valence-corrected chi connectivity index (χ2v) is 9.78. The topological polar surface area (TPSA) is 103 Å². The van der Waals surface area contributed by atoms with Gasteiger partial charge in [0.1, 0.15) is 27.3 Å². The molecule has 8 nitrogen and oxygen atoms in total. The number of nitrogens with one attached hydrogen (secondary N) is 1. The van der Waals surface area contributed by atoms with Crippen molar-refractivity contribution in [3.05, 3.63) is 29.3 Å². The number of hydrogen-bond donors (Lipinski definition) is 1. The van der Waals surface area contributed by atoms with Gasteiger partial charge < -0.3 is 14.8 Å². The third-order valence-electron chi connectivity index (χ3n) is 4.97. The van der Waals surface area contributed by atoms with Crippen LogP contribution in [0.15, 0.2) is 12.4 Å². The molecule has 1 atom stereocenters. The smallest absolute Gasteiger partial charge is 0.257 e. The summed E-state index contributed by atoms with van der Waals surface area (Å²) < 4.78 is 37.2. The fraction of sp³-hybridized carbons (Fsp3) is 0.500. The van der Waals surface area contributed by atoms with E-state index in [2.05, 4.69) is 9.97 Å². The molecule has 0 aliphatic carbocycles. The van der Waals surface area contributed by atoms with Crippen molar-refractivity contribution in [2.45, 2.75) is 26.4 Å². The highest BCUT2D eigenvalue weighted by Crippen LogP contribution is 2.33. The Balaban J connectivity index is 1.94. The first-order valence-electron chi connectivity index (χ1n) is 8.89. The van der Waals surface area contributed by atoms with Crippen molar-refractivity contribution < 1.29 is 22.4 Å². The second kappa shape index (κ2) is 7.16. The maximum absolute atomic E-state index is 14.4. The van der Waals surface area contributed by atoms with Gasteiger partial charge in [-0.1, -0.05) is 13.8 Å². The Hall–Kier alpha value is -2.49. The molecule has 2 amide bonds. The molecule has 2 aromatic heterocycles. The summed E-state index contributed by atoms with van der Waals surface area (Å²) in [6.07, 6.45) is 3.67. The highest BCUT2D eigenvalue weighted by atomic mass is 32.2. The molecule has 1 aliphatic heterocycles. The summed E-state index contributed by atoms with van der Waals surface area (Å²) in [6, 6.07) is -0.845. The molecular weight excluding hydrogens is 387 g/mol. The van der Waals surface area contributed by atoms with Crippen LogP contribution in [0.25, 0.3) is 11.0 Å². The first-order valence-corrected chi connectivity index (χ1v) is 11.0. The molecule has 10 heteroatoms. The van der Waals surface area contributed by atoms with E-state index in [4.69, 9.17) is 0 Å². The third kappa shape index (κ3) is 3.60. The standard InChI is InChI=1S/C18H23FN4O4S/c1-10(2)15(18(25)22(3)5-6-28(4,26)27)23-9-12-13(19)8-21-16-14(12)11(7-20-16)17(23)24/h7-8,10,15H,5-6,9H2,1-4H3,(H,20,21)/t15-/m1/s1. The lowest BCUT2D eigenvalue weighted by molar-refractivity contribution is -0.136.